The summed E-state index contributed by atoms with van der Waals surface area (Å²) in [5.74, 6) is -0.256. The Kier molecular flexibility index (Phi) is 6.77. The Balaban J connectivity index is 1.94. The van der Waals surface area contributed by atoms with Gasteiger partial charge in [-0.1, -0.05) is 23.7 Å². The van der Waals surface area contributed by atoms with Crippen molar-refractivity contribution in [2.45, 2.75) is 43.9 Å². The molecule has 5 nitrogen and oxygen atoms in total. The maximum absolute atomic E-state index is 14.7. The molecule has 1 aliphatic rings. The quantitative estimate of drug-likeness (QED) is 0.728. The van der Waals surface area contributed by atoms with Crippen LogP contribution in [0.15, 0.2) is 42.5 Å². The van der Waals surface area contributed by atoms with Crippen LogP contribution in [0.2, 0.25) is 5.02 Å². The highest BCUT2D eigenvalue weighted by Gasteiger charge is 2.41. The van der Waals surface area contributed by atoms with E-state index in [1.807, 2.05) is 25.1 Å². The van der Waals surface area contributed by atoms with Gasteiger partial charge in [-0.3, -0.25) is 4.79 Å². The molecule has 0 bridgehead atoms. The number of ether oxygens (including phenoxy) is 2. The molecular formula is C22H25ClFNO4. The summed E-state index contributed by atoms with van der Waals surface area (Å²) in [7, 11) is 1.48. The average Bonchev–Trinajstić information content (AvgIpc) is 2.67. The number of benzene rings is 2. The third-order valence-electron chi connectivity index (χ3n) is 5.16. The molecule has 1 saturated heterocycles. The number of methoxy groups -OCH3 is 1. The van der Waals surface area contributed by atoms with Crippen LogP contribution < -0.4 is 10.1 Å². The van der Waals surface area contributed by atoms with Crippen molar-refractivity contribution >= 4 is 17.5 Å². The number of halogens is 2. The molecule has 3 rings (SSSR count). The minimum atomic E-state index is -0.644. The van der Waals surface area contributed by atoms with E-state index in [0.29, 0.717) is 29.2 Å². The summed E-state index contributed by atoms with van der Waals surface area (Å²) in [5.41, 5.74) is 0.619. The molecule has 29 heavy (non-hydrogen) atoms. The van der Waals surface area contributed by atoms with E-state index in [-0.39, 0.29) is 25.0 Å². The van der Waals surface area contributed by atoms with E-state index in [9.17, 15) is 9.18 Å². The largest absolute Gasteiger partial charge is 0.497 e. The standard InChI is InChI=1S/C22H25ClFNO4/c1-22(25-21(27)8-9-26)12-19(14-4-3-5-15(23)10-14)29-20(13-22)17-7-6-16(28-2)11-18(17)24/h3-7,10-11,19-20,26H,8-9,12-13H2,1-2H3,(H,25,27)/t19-,20+,22+/m0/s1. The Morgan fingerprint density at radius 3 is 2.72 bits per heavy atom. The second kappa shape index (κ2) is 9.11. The zero-order valence-electron chi connectivity index (χ0n) is 16.5. The summed E-state index contributed by atoms with van der Waals surface area (Å²) in [4.78, 5) is 12.2. The van der Waals surface area contributed by atoms with Crippen LogP contribution in [0.25, 0.3) is 0 Å². The van der Waals surface area contributed by atoms with Crippen LogP contribution in [0.3, 0.4) is 0 Å². The number of hydrogen-bond acceptors (Lipinski definition) is 4. The second-order valence-corrected chi connectivity index (χ2v) is 7.98. The van der Waals surface area contributed by atoms with Gasteiger partial charge in [-0.25, -0.2) is 4.39 Å². The molecule has 2 aromatic carbocycles. The van der Waals surface area contributed by atoms with Gasteiger partial charge >= 0.3 is 0 Å². The third-order valence-corrected chi connectivity index (χ3v) is 5.39. The van der Waals surface area contributed by atoms with Crippen LogP contribution in [-0.2, 0) is 9.53 Å². The molecule has 0 unspecified atom stereocenters. The highest BCUT2D eigenvalue weighted by molar-refractivity contribution is 6.30. The van der Waals surface area contributed by atoms with Crippen LogP contribution in [0, 0.1) is 5.82 Å². The van der Waals surface area contributed by atoms with Crippen LogP contribution in [-0.4, -0.2) is 30.3 Å². The minimum absolute atomic E-state index is 0.0137. The molecule has 1 aliphatic heterocycles. The van der Waals surface area contributed by atoms with Crippen molar-refractivity contribution in [3.05, 3.63) is 64.4 Å². The molecule has 0 spiro atoms. The molecule has 7 heteroatoms. The van der Waals surface area contributed by atoms with E-state index in [1.54, 1.807) is 18.2 Å². The highest BCUT2D eigenvalue weighted by atomic mass is 35.5. The first kappa shape index (κ1) is 21.6. The Hall–Kier alpha value is -2.15. The molecule has 1 amide bonds. The maximum Gasteiger partial charge on any atom is 0.222 e. The fraction of sp³-hybridized carbons (Fsp3) is 0.409. The Labute approximate surface area is 174 Å². The number of nitrogens with one attached hydrogen (secondary N) is 1. The molecule has 3 atom stereocenters. The lowest BCUT2D eigenvalue weighted by Gasteiger charge is -2.43. The van der Waals surface area contributed by atoms with Crippen molar-refractivity contribution in [1.82, 2.24) is 5.32 Å². The van der Waals surface area contributed by atoms with Gasteiger partial charge < -0.3 is 19.9 Å². The summed E-state index contributed by atoms with van der Waals surface area (Å²) in [6.07, 6.45) is -0.0465. The number of carbonyl (C=O) groups is 1. The lowest BCUT2D eigenvalue weighted by molar-refractivity contribution is -0.129. The summed E-state index contributed by atoms with van der Waals surface area (Å²) >= 11 is 6.15. The van der Waals surface area contributed by atoms with E-state index in [1.165, 1.54) is 13.2 Å². The SMILES string of the molecule is COc1ccc([C@H]2C[C@](C)(NC(=O)CCO)C[C@@H](c3cccc(Cl)c3)O2)c(F)c1. The molecular weight excluding hydrogens is 397 g/mol. The monoisotopic (exact) mass is 421 g/mol. The smallest absolute Gasteiger partial charge is 0.222 e. The molecule has 2 aromatic rings. The summed E-state index contributed by atoms with van der Waals surface area (Å²) in [6.45, 7) is 1.68. The molecule has 1 fully saturated rings. The van der Waals surface area contributed by atoms with E-state index in [4.69, 9.17) is 26.2 Å². The molecule has 0 radical (unpaired) electrons. The van der Waals surface area contributed by atoms with Gasteiger partial charge in [-0.05, 0) is 36.8 Å². The zero-order chi connectivity index (χ0) is 21.0. The van der Waals surface area contributed by atoms with E-state index >= 15 is 0 Å². The molecule has 0 aromatic heterocycles. The average molecular weight is 422 g/mol. The van der Waals surface area contributed by atoms with Gasteiger partial charge in [0.25, 0.3) is 0 Å². The highest BCUT2D eigenvalue weighted by Crippen LogP contribution is 2.44. The number of aliphatic hydroxyl groups excluding tert-OH is 1. The van der Waals surface area contributed by atoms with Crippen LogP contribution in [0.4, 0.5) is 4.39 Å². The van der Waals surface area contributed by atoms with Crippen molar-refractivity contribution < 1.29 is 23.8 Å². The van der Waals surface area contributed by atoms with Crippen molar-refractivity contribution in [2.24, 2.45) is 0 Å². The van der Waals surface area contributed by atoms with Crippen molar-refractivity contribution in [2.75, 3.05) is 13.7 Å². The molecule has 0 saturated carbocycles. The van der Waals surface area contributed by atoms with Gasteiger partial charge in [0, 0.05) is 41.5 Å². The first-order chi connectivity index (χ1) is 13.8. The maximum atomic E-state index is 14.7. The predicted molar refractivity (Wildman–Crippen MR) is 108 cm³/mol. The van der Waals surface area contributed by atoms with Gasteiger partial charge in [0.1, 0.15) is 11.6 Å². The number of rotatable bonds is 6. The molecule has 0 aliphatic carbocycles. The van der Waals surface area contributed by atoms with Crippen molar-refractivity contribution in [3.8, 4) is 5.75 Å². The molecule has 1 heterocycles. The minimum Gasteiger partial charge on any atom is -0.497 e. The van der Waals surface area contributed by atoms with E-state index < -0.39 is 17.5 Å². The van der Waals surface area contributed by atoms with Crippen LogP contribution in [0.5, 0.6) is 5.75 Å². The number of hydrogen-bond donors (Lipinski definition) is 2. The van der Waals surface area contributed by atoms with Gasteiger partial charge in [0.2, 0.25) is 5.91 Å². The Morgan fingerprint density at radius 1 is 1.31 bits per heavy atom. The summed E-state index contributed by atoms with van der Waals surface area (Å²) < 4.78 is 26.1. The van der Waals surface area contributed by atoms with Gasteiger partial charge in [0.05, 0.1) is 25.9 Å². The van der Waals surface area contributed by atoms with Gasteiger partial charge in [0.15, 0.2) is 0 Å². The van der Waals surface area contributed by atoms with Crippen molar-refractivity contribution in [1.29, 1.82) is 0 Å². The van der Waals surface area contributed by atoms with Crippen molar-refractivity contribution in [3.63, 3.8) is 0 Å². The molecule has 2 N–H and O–H groups in total. The lowest BCUT2D eigenvalue weighted by Crippen LogP contribution is -2.51. The summed E-state index contributed by atoms with van der Waals surface area (Å²) in [5, 5.41) is 12.6. The number of amides is 1. The Bertz CT molecular complexity index is 878. The van der Waals surface area contributed by atoms with Crippen LogP contribution in [0.1, 0.15) is 49.5 Å². The Morgan fingerprint density at radius 2 is 2.07 bits per heavy atom. The third kappa shape index (κ3) is 5.26. The van der Waals surface area contributed by atoms with E-state index in [0.717, 1.165) is 5.56 Å². The van der Waals surface area contributed by atoms with Crippen LogP contribution >= 0.6 is 11.6 Å². The predicted octanol–water partition coefficient (Wildman–Crippen LogP) is 4.34. The first-order valence-corrected chi connectivity index (χ1v) is 9.87. The fourth-order valence-corrected chi connectivity index (χ4v) is 3.98. The second-order valence-electron chi connectivity index (χ2n) is 7.55. The van der Waals surface area contributed by atoms with Gasteiger partial charge in [-0.15, -0.1) is 0 Å². The van der Waals surface area contributed by atoms with E-state index in [2.05, 4.69) is 5.32 Å². The summed E-state index contributed by atoms with van der Waals surface area (Å²) in [6, 6.07) is 12.0. The number of aliphatic hydroxyl groups is 1. The van der Waals surface area contributed by atoms with Gasteiger partial charge in [-0.2, -0.15) is 0 Å². The number of carbonyl (C=O) groups excluding carboxylic acids is 1. The fourth-order valence-electron chi connectivity index (χ4n) is 3.78. The lowest BCUT2D eigenvalue weighted by atomic mass is 9.81. The molecule has 156 valence electrons. The topological polar surface area (TPSA) is 67.8 Å². The zero-order valence-corrected chi connectivity index (χ0v) is 17.2. The first-order valence-electron chi connectivity index (χ1n) is 9.50. The normalized spacial score (nSPS) is 24.2.